The molecule has 29 heavy (non-hydrogen) atoms. The topological polar surface area (TPSA) is 81.8 Å². The monoisotopic (exact) mass is 388 g/mol. The fraction of sp³-hybridized carbons (Fsp3) is 0.174. The average molecular weight is 388 g/mol. The molecule has 0 aromatic heterocycles. The van der Waals surface area contributed by atoms with Crippen LogP contribution in [0.2, 0.25) is 0 Å². The molecule has 2 aromatic rings. The summed E-state index contributed by atoms with van der Waals surface area (Å²) in [7, 11) is 0. The van der Waals surface area contributed by atoms with Gasteiger partial charge in [0, 0.05) is 17.6 Å². The molecule has 4 N–H and O–H groups in total. The first-order chi connectivity index (χ1) is 14.1. The highest BCUT2D eigenvalue weighted by Gasteiger charge is 2.27. The van der Waals surface area contributed by atoms with Crippen LogP contribution in [0.5, 0.6) is 0 Å². The van der Waals surface area contributed by atoms with E-state index in [1.807, 2.05) is 42.5 Å². The Hall–Kier alpha value is -3.35. The quantitative estimate of drug-likeness (QED) is 0.705. The van der Waals surface area contributed by atoms with Crippen molar-refractivity contribution in [1.82, 2.24) is 5.01 Å². The molecule has 0 spiro atoms. The van der Waals surface area contributed by atoms with E-state index in [2.05, 4.69) is 58.0 Å². The van der Waals surface area contributed by atoms with Gasteiger partial charge < -0.3 is 21.2 Å². The van der Waals surface area contributed by atoms with Crippen molar-refractivity contribution >= 4 is 17.3 Å². The number of hydrogen-bond acceptors (Lipinski definition) is 5. The lowest BCUT2D eigenvalue weighted by Crippen LogP contribution is -2.49. The van der Waals surface area contributed by atoms with Crippen molar-refractivity contribution in [3.63, 3.8) is 0 Å². The van der Waals surface area contributed by atoms with Crippen LogP contribution in [0.3, 0.4) is 0 Å². The van der Waals surface area contributed by atoms with Crippen molar-refractivity contribution in [3.8, 4) is 0 Å². The van der Waals surface area contributed by atoms with Gasteiger partial charge in [0.2, 0.25) is 0 Å². The van der Waals surface area contributed by atoms with Gasteiger partial charge in [0.05, 0.1) is 12.7 Å². The van der Waals surface area contributed by atoms with Crippen molar-refractivity contribution in [2.45, 2.75) is 18.5 Å². The van der Waals surface area contributed by atoms with Crippen LogP contribution < -0.4 is 16.1 Å². The number of nitrogens with two attached hydrogens (primary N) is 1. The first kappa shape index (κ1) is 19.0. The zero-order chi connectivity index (χ0) is 20.2. The molecule has 0 saturated heterocycles. The number of nitrogens with one attached hydrogen (secondary N) is 1. The number of carbonyl (C=O) groups is 1. The molecule has 0 saturated carbocycles. The lowest BCUT2D eigenvalue weighted by Gasteiger charge is -2.41. The molecule has 0 fully saturated rings. The molecule has 1 unspecified atom stereocenters. The van der Waals surface area contributed by atoms with Gasteiger partial charge in [0.25, 0.3) is 0 Å². The predicted octanol–water partition coefficient (Wildman–Crippen LogP) is 3.13. The van der Waals surface area contributed by atoms with Crippen molar-refractivity contribution in [2.24, 2.45) is 5.73 Å². The molecule has 2 aliphatic rings. The van der Waals surface area contributed by atoms with E-state index in [9.17, 15) is 4.79 Å². The summed E-state index contributed by atoms with van der Waals surface area (Å²) in [6, 6.07) is 17.3. The molecule has 0 bridgehead atoms. The van der Waals surface area contributed by atoms with Gasteiger partial charge in [-0.05, 0) is 41.8 Å². The van der Waals surface area contributed by atoms with E-state index < -0.39 is 12.0 Å². The number of hydrazine groups is 1. The van der Waals surface area contributed by atoms with E-state index >= 15 is 0 Å². The van der Waals surface area contributed by atoms with Gasteiger partial charge in [-0.15, -0.1) is 0 Å². The number of allylic oxidation sites excluding steroid dienone is 2. The maximum Gasteiger partial charge on any atom is 0.320 e. The molecule has 148 valence electrons. The molecular formula is C23H24N4O2. The van der Waals surface area contributed by atoms with Crippen LogP contribution in [0.1, 0.15) is 5.56 Å². The lowest BCUT2D eigenvalue weighted by atomic mass is 10.0. The fourth-order valence-corrected chi connectivity index (χ4v) is 3.52. The van der Waals surface area contributed by atoms with Crippen LogP contribution >= 0.6 is 0 Å². The summed E-state index contributed by atoms with van der Waals surface area (Å²) in [5, 5.41) is 11.2. The number of para-hydroxylation sites is 1. The van der Waals surface area contributed by atoms with E-state index in [1.54, 1.807) is 0 Å². The van der Waals surface area contributed by atoms with Crippen molar-refractivity contribution in [3.05, 3.63) is 96.2 Å². The summed E-state index contributed by atoms with van der Waals surface area (Å²) in [5.41, 5.74) is 13.3. The average Bonchev–Trinajstić information content (AvgIpc) is 2.75. The zero-order valence-corrected chi connectivity index (χ0v) is 16.0. The van der Waals surface area contributed by atoms with Gasteiger partial charge in [-0.1, -0.05) is 54.6 Å². The van der Waals surface area contributed by atoms with E-state index in [-0.39, 0.29) is 6.04 Å². The van der Waals surface area contributed by atoms with E-state index in [0.717, 1.165) is 16.9 Å². The van der Waals surface area contributed by atoms with Crippen LogP contribution in [-0.2, 0) is 11.2 Å². The molecule has 1 aliphatic heterocycles. The SMILES string of the molecule is NC(Cc1ccc(NN2CN(c3ccccc3)C=C3C=CC=C[C@@H]32)cc1)C(=O)O. The molecule has 0 radical (unpaired) electrons. The van der Waals surface area contributed by atoms with Crippen LogP contribution in [0.25, 0.3) is 0 Å². The minimum atomic E-state index is -0.988. The number of benzene rings is 2. The molecular weight excluding hydrogens is 364 g/mol. The highest BCUT2D eigenvalue weighted by molar-refractivity contribution is 5.73. The summed E-state index contributed by atoms with van der Waals surface area (Å²) in [6.07, 6.45) is 10.9. The third-order valence-corrected chi connectivity index (χ3v) is 5.07. The molecule has 2 atom stereocenters. The molecule has 1 heterocycles. The minimum absolute atomic E-state index is 0.139. The number of hydrogen-bond donors (Lipinski definition) is 3. The Morgan fingerprint density at radius 3 is 2.62 bits per heavy atom. The largest absolute Gasteiger partial charge is 0.480 e. The number of fused-ring (bicyclic) bond motifs is 1. The molecule has 2 aromatic carbocycles. The number of aliphatic carboxylic acids is 1. The van der Waals surface area contributed by atoms with Crippen LogP contribution in [-0.4, -0.2) is 34.8 Å². The van der Waals surface area contributed by atoms with E-state index in [0.29, 0.717) is 13.1 Å². The second kappa shape index (κ2) is 8.34. The third-order valence-electron chi connectivity index (χ3n) is 5.07. The summed E-state index contributed by atoms with van der Waals surface area (Å²) in [5.74, 6) is -0.988. The number of anilines is 2. The van der Waals surface area contributed by atoms with Crippen molar-refractivity contribution < 1.29 is 9.90 Å². The minimum Gasteiger partial charge on any atom is -0.480 e. The normalized spacial score (nSPS) is 19.4. The smallest absolute Gasteiger partial charge is 0.320 e. The Morgan fingerprint density at radius 2 is 1.90 bits per heavy atom. The van der Waals surface area contributed by atoms with Crippen LogP contribution in [0.15, 0.2) is 90.7 Å². The molecule has 1 aliphatic carbocycles. The van der Waals surface area contributed by atoms with Gasteiger partial charge in [-0.25, -0.2) is 0 Å². The summed E-state index contributed by atoms with van der Waals surface area (Å²) in [4.78, 5) is 13.2. The number of carboxylic acids is 1. The Morgan fingerprint density at radius 1 is 1.14 bits per heavy atom. The van der Waals surface area contributed by atoms with Gasteiger partial charge in [0.1, 0.15) is 6.04 Å². The van der Waals surface area contributed by atoms with E-state index in [4.69, 9.17) is 10.8 Å². The van der Waals surface area contributed by atoms with Crippen molar-refractivity contribution in [2.75, 3.05) is 17.0 Å². The highest BCUT2D eigenvalue weighted by Crippen LogP contribution is 2.28. The Labute approximate surface area is 170 Å². The maximum absolute atomic E-state index is 10.9. The molecule has 6 heteroatoms. The number of carboxylic acid groups (broad SMARTS) is 1. The Kier molecular flexibility index (Phi) is 5.46. The molecule has 4 rings (SSSR count). The highest BCUT2D eigenvalue weighted by atomic mass is 16.4. The molecule has 0 amide bonds. The summed E-state index contributed by atoms with van der Waals surface area (Å²) >= 11 is 0. The second-order valence-electron chi connectivity index (χ2n) is 7.19. The maximum atomic E-state index is 10.9. The Balaban J connectivity index is 1.51. The first-order valence-corrected chi connectivity index (χ1v) is 9.59. The van der Waals surface area contributed by atoms with Crippen LogP contribution in [0.4, 0.5) is 11.4 Å². The van der Waals surface area contributed by atoms with Crippen molar-refractivity contribution in [1.29, 1.82) is 0 Å². The summed E-state index contributed by atoms with van der Waals surface area (Å²) in [6.45, 7) is 0.683. The second-order valence-corrected chi connectivity index (χ2v) is 7.19. The van der Waals surface area contributed by atoms with Gasteiger partial charge >= 0.3 is 5.97 Å². The predicted molar refractivity (Wildman–Crippen MR) is 115 cm³/mol. The van der Waals surface area contributed by atoms with Gasteiger partial charge in [-0.3, -0.25) is 4.79 Å². The zero-order valence-electron chi connectivity index (χ0n) is 16.0. The first-order valence-electron chi connectivity index (χ1n) is 9.59. The van der Waals surface area contributed by atoms with Crippen LogP contribution in [0, 0.1) is 0 Å². The van der Waals surface area contributed by atoms with Gasteiger partial charge in [0.15, 0.2) is 0 Å². The number of rotatable bonds is 6. The lowest BCUT2D eigenvalue weighted by molar-refractivity contribution is -0.138. The van der Waals surface area contributed by atoms with Gasteiger partial charge in [-0.2, -0.15) is 5.01 Å². The number of nitrogens with zero attached hydrogens (tertiary/aromatic N) is 2. The third kappa shape index (κ3) is 4.39. The summed E-state index contributed by atoms with van der Waals surface area (Å²) < 4.78 is 0. The fourth-order valence-electron chi connectivity index (χ4n) is 3.52. The standard InChI is InChI=1S/C23H24N4O2/c24-21(23(28)29)14-17-10-12-19(13-11-17)25-27-16-26(20-7-2-1-3-8-20)15-18-6-4-5-9-22(18)27/h1-13,15,21-22,25H,14,16,24H2,(H,28,29)/t21?,22-/m0/s1. The molecule has 6 nitrogen and oxygen atoms in total. The van der Waals surface area contributed by atoms with E-state index in [1.165, 1.54) is 5.57 Å². The Bertz CT molecular complexity index is 951.